The average molecular weight is 281 g/mol. The Labute approximate surface area is 119 Å². The molecule has 0 unspecified atom stereocenters. The van der Waals surface area contributed by atoms with Crippen LogP contribution in [0.3, 0.4) is 0 Å². The molecule has 0 spiro atoms. The lowest BCUT2D eigenvalue weighted by molar-refractivity contribution is -0.141. The Morgan fingerprint density at radius 2 is 1.95 bits per heavy atom. The Morgan fingerprint density at radius 1 is 1.35 bits per heavy atom. The Kier molecular flexibility index (Phi) is 4.92. The lowest BCUT2D eigenvalue weighted by Gasteiger charge is -2.35. The van der Waals surface area contributed by atoms with E-state index in [9.17, 15) is 9.59 Å². The summed E-state index contributed by atoms with van der Waals surface area (Å²) in [4.78, 5) is 24.7. The van der Waals surface area contributed by atoms with E-state index in [0.717, 1.165) is 11.4 Å². The van der Waals surface area contributed by atoms with E-state index in [1.165, 1.54) is 0 Å². The second kappa shape index (κ2) is 6.07. The van der Waals surface area contributed by atoms with Crippen molar-refractivity contribution in [2.45, 2.75) is 53.1 Å². The average Bonchev–Trinajstić information content (AvgIpc) is 2.54. The van der Waals surface area contributed by atoms with Crippen LogP contribution in [0.15, 0.2) is 6.07 Å². The first kappa shape index (κ1) is 16.2. The first-order valence-electron chi connectivity index (χ1n) is 6.64. The molecule has 6 heteroatoms. The predicted octanol–water partition coefficient (Wildman–Crippen LogP) is 1.60. The van der Waals surface area contributed by atoms with E-state index in [0.29, 0.717) is 0 Å². The van der Waals surface area contributed by atoms with Gasteiger partial charge in [0.25, 0.3) is 0 Å². The minimum absolute atomic E-state index is 0.0554. The summed E-state index contributed by atoms with van der Waals surface area (Å²) in [5.74, 6) is -1.02. The largest absolute Gasteiger partial charge is 0.481 e. The minimum Gasteiger partial charge on any atom is -0.481 e. The van der Waals surface area contributed by atoms with Gasteiger partial charge < -0.3 is 10.0 Å². The Bertz CT molecular complexity index is 500. The fraction of sp³-hybridized carbons (Fsp3) is 0.643. The molecule has 1 heterocycles. The molecule has 1 amide bonds. The molecule has 1 rings (SSSR count). The van der Waals surface area contributed by atoms with Crippen LogP contribution >= 0.6 is 0 Å². The van der Waals surface area contributed by atoms with Crippen LogP contribution in [0.25, 0.3) is 0 Å². The van der Waals surface area contributed by atoms with Gasteiger partial charge in [0, 0.05) is 17.8 Å². The fourth-order valence-corrected chi connectivity index (χ4v) is 2.09. The van der Waals surface area contributed by atoms with Crippen molar-refractivity contribution in [2.24, 2.45) is 0 Å². The van der Waals surface area contributed by atoms with Crippen molar-refractivity contribution in [3.63, 3.8) is 0 Å². The van der Waals surface area contributed by atoms with Crippen LogP contribution in [-0.2, 0) is 16.1 Å². The van der Waals surface area contributed by atoms with Crippen LogP contribution in [0.4, 0.5) is 0 Å². The molecule has 0 aliphatic heterocycles. The summed E-state index contributed by atoms with van der Waals surface area (Å²) in [5.41, 5.74) is 1.37. The van der Waals surface area contributed by atoms with Gasteiger partial charge in [-0.05, 0) is 40.7 Å². The van der Waals surface area contributed by atoms with Crippen molar-refractivity contribution in [3.8, 4) is 0 Å². The Balaban J connectivity index is 2.83. The van der Waals surface area contributed by atoms with Crippen LogP contribution in [0, 0.1) is 13.8 Å². The summed E-state index contributed by atoms with van der Waals surface area (Å²) in [6.45, 7) is 9.80. The molecule has 1 N–H and O–H groups in total. The van der Waals surface area contributed by atoms with Crippen LogP contribution < -0.4 is 0 Å². The van der Waals surface area contributed by atoms with Crippen molar-refractivity contribution in [2.75, 3.05) is 6.54 Å². The molecule has 0 atom stereocenters. The molecular formula is C14H23N3O3. The van der Waals surface area contributed by atoms with Crippen molar-refractivity contribution >= 4 is 11.9 Å². The highest BCUT2D eigenvalue weighted by atomic mass is 16.4. The molecule has 0 aromatic carbocycles. The maximum absolute atomic E-state index is 12.4. The van der Waals surface area contributed by atoms with Gasteiger partial charge in [-0.25, -0.2) is 0 Å². The molecule has 6 nitrogen and oxygen atoms in total. The van der Waals surface area contributed by atoms with E-state index in [1.54, 1.807) is 9.58 Å². The molecule has 0 saturated carbocycles. The molecule has 112 valence electrons. The topological polar surface area (TPSA) is 75.4 Å². The Morgan fingerprint density at radius 3 is 2.35 bits per heavy atom. The number of amides is 1. The summed E-state index contributed by atoms with van der Waals surface area (Å²) >= 11 is 0. The second-order valence-corrected chi connectivity index (χ2v) is 5.94. The van der Waals surface area contributed by atoms with Gasteiger partial charge in [-0.1, -0.05) is 0 Å². The van der Waals surface area contributed by atoms with E-state index < -0.39 is 11.5 Å². The maximum Gasteiger partial charge on any atom is 0.305 e. The quantitative estimate of drug-likeness (QED) is 0.889. The zero-order valence-electron chi connectivity index (χ0n) is 12.8. The molecular weight excluding hydrogens is 258 g/mol. The van der Waals surface area contributed by atoms with Gasteiger partial charge in [-0.2, -0.15) is 5.10 Å². The van der Waals surface area contributed by atoms with Gasteiger partial charge in [-0.15, -0.1) is 0 Å². The van der Waals surface area contributed by atoms with Gasteiger partial charge in [0.1, 0.15) is 6.54 Å². The molecule has 1 aromatic rings. The van der Waals surface area contributed by atoms with E-state index in [2.05, 4.69) is 5.10 Å². The van der Waals surface area contributed by atoms with Crippen LogP contribution in [0.5, 0.6) is 0 Å². The molecule has 0 aliphatic rings. The molecule has 0 radical (unpaired) electrons. The van der Waals surface area contributed by atoms with Crippen LogP contribution in [0.2, 0.25) is 0 Å². The summed E-state index contributed by atoms with van der Waals surface area (Å²) in [6, 6.07) is 1.91. The third kappa shape index (κ3) is 4.36. The number of rotatable bonds is 5. The molecule has 20 heavy (non-hydrogen) atoms. The molecule has 0 bridgehead atoms. The molecule has 0 aliphatic carbocycles. The predicted molar refractivity (Wildman–Crippen MR) is 75.4 cm³/mol. The third-order valence-electron chi connectivity index (χ3n) is 3.05. The van der Waals surface area contributed by atoms with Gasteiger partial charge in [0.2, 0.25) is 5.91 Å². The summed E-state index contributed by atoms with van der Waals surface area (Å²) < 4.78 is 1.65. The number of hydrogen-bond donors (Lipinski definition) is 1. The maximum atomic E-state index is 12.4. The fourth-order valence-electron chi connectivity index (χ4n) is 2.09. The van der Waals surface area contributed by atoms with Crippen LogP contribution in [0.1, 0.15) is 38.6 Å². The Hall–Kier alpha value is -1.85. The summed E-state index contributed by atoms with van der Waals surface area (Å²) in [7, 11) is 0. The highest BCUT2D eigenvalue weighted by Crippen LogP contribution is 2.15. The smallest absolute Gasteiger partial charge is 0.305 e. The normalized spacial score (nSPS) is 11.4. The summed E-state index contributed by atoms with van der Waals surface area (Å²) in [6.07, 6.45) is -0.0554. The van der Waals surface area contributed by atoms with Crippen molar-refractivity contribution < 1.29 is 14.7 Å². The van der Waals surface area contributed by atoms with E-state index in [-0.39, 0.29) is 25.4 Å². The molecule has 0 saturated heterocycles. The number of carbonyl (C=O) groups excluding carboxylic acids is 1. The second-order valence-electron chi connectivity index (χ2n) is 5.94. The molecule has 1 aromatic heterocycles. The lowest BCUT2D eigenvalue weighted by atomic mass is 10.1. The summed E-state index contributed by atoms with van der Waals surface area (Å²) in [5, 5.41) is 13.1. The zero-order valence-corrected chi connectivity index (χ0v) is 12.8. The number of carboxylic acid groups (broad SMARTS) is 1. The van der Waals surface area contributed by atoms with E-state index in [4.69, 9.17) is 5.11 Å². The van der Waals surface area contributed by atoms with Crippen LogP contribution in [-0.4, -0.2) is 43.7 Å². The van der Waals surface area contributed by atoms with Gasteiger partial charge in [-0.3, -0.25) is 14.3 Å². The van der Waals surface area contributed by atoms with Crippen molar-refractivity contribution in [1.29, 1.82) is 0 Å². The SMILES string of the molecule is Cc1cc(C)n(CC(=O)N(CCC(=O)O)C(C)(C)C)n1. The molecule has 0 fully saturated rings. The number of nitrogens with zero attached hydrogens (tertiary/aromatic N) is 3. The number of aliphatic carboxylic acids is 1. The highest BCUT2D eigenvalue weighted by Gasteiger charge is 2.27. The monoisotopic (exact) mass is 281 g/mol. The number of carboxylic acids is 1. The van der Waals surface area contributed by atoms with E-state index in [1.807, 2.05) is 40.7 Å². The first-order valence-corrected chi connectivity index (χ1v) is 6.64. The highest BCUT2D eigenvalue weighted by molar-refractivity contribution is 5.77. The van der Waals surface area contributed by atoms with Gasteiger partial charge in [0.15, 0.2) is 0 Å². The third-order valence-corrected chi connectivity index (χ3v) is 3.05. The van der Waals surface area contributed by atoms with Crippen molar-refractivity contribution in [1.82, 2.24) is 14.7 Å². The lowest BCUT2D eigenvalue weighted by Crippen LogP contribution is -2.48. The standard InChI is InChI=1S/C14H23N3O3/c1-10-8-11(2)17(15-10)9-12(18)16(14(3,4)5)7-6-13(19)20/h8H,6-7,9H2,1-5H3,(H,19,20). The number of aromatic nitrogens is 2. The zero-order chi connectivity index (χ0) is 15.5. The number of hydrogen-bond acceptors (Lipinski definition) is 3. The minimum atomic E-state index is -0.904. The van der Waals surface area contributed by atoms with Crippen molar-refractivity contribution in [3.05, 3.63) is 17.5 Å². The van der Waals surface area contributed by atoms with E-state index >= 15 is 0 Å². The number of carbonyl (C=O) groups is 2. The first-order chi connectivity index (χ1) is 9.11. The number of aryl methyl sites for hydroxylation is 2. The van der Waals surface area contributed by atoms with Gasteiger partial charge >= 0.3 is 5.97 Å². The van der Waals surface area contributed by atoms with Gasteiger partial charge in [0.05, 0.1) is 12.1 Å².